The first-order valence-corrected chi connectivity index (χ1v) is 7.41. The maximum absolute atomic E-state index is 13.0. The number of anilines is 1. The average Bonchev–Trinajstić information content (AvgIpc) is 2.43. The Morgan fingerprint density at radius 1 is 1.29 bits per heavy atom. The van der Waals surface area contributed by atoms with E-state index in [0.717, 1.165) is 18.5 Å². The number of rotatable bonds is 3. The first kappa shape index (κ1) is 15.8. The van der Waals surface area contributed by atoms with E-state index >= 15 is 0 Å². The standard InChI is InChI=1S/C17H24FNO2/c1-12-11-16(2,3)9-10-17(12,15(20)21-4)19-14-7-5-13(18)6-8-14/h5-8,12,19H,9-11H2,1-4H3. The molecule has 0 spiro atoms. The summed E-state index contributed by atoms with van der Waals surface area (Å²) in [4.78, 5) is 12.4. The van der Waals surface area contributed by atoms with E-state index in [4.69, 9.17) is 4.74 Å². The van der Waals surface area contributed by atoms with Crippen LogP contribution in [0, 0.1) is 17.2 Å². The average molecular weight is 293 g/mol. The quantitative estimate of drug-likeness (QED) is 0.856. The summed E-state index contributed by atoms with van der Waals surface area (Å²) in [6.07, 6.45) is 2.60. The van der Waals surface area contributed by atoms with E-state index in [1.54, 1.807) is 12.1 Å². The highest BCUT2D eigenvalue weighted by Gasteiger charge is 2.50. The number of ether oxygens (including phenoxy) is 1. The van der Waals surface area contributed by atoms with Gasteiger partial charge < -0.3 is 10.1 Å². The van der Waals surface area contributed by atoms with E-state index in [2.05, 4.69) is 26.1 Å². The van der Waals surface area contributed by atoms with Gasteiger partial charge in [-0.2, -0.15) is 0 Å². The van der Waals surface area contributed by atoms with Gasteiger partial charge >= 0.3 is 5.97 Å². The molecule has 21 heavy (non-hydrogen) atoms. The summed E-state index contributed by atoms with van der Waals surface area (Å²) in [7, 11) is 1.42. The Balaban J connectivity index is 2.30. The highest BCUT2D eigenvalue weighted by Crippen LogP contribution is 2.45. The first-order valence-electron chi connectivity index (χ1n) is 7.41. The minimum atomic E-state index is -0.734. The Morgan fingerprint density at radius 3 is 2.43 bits per heavy atom. The van der Waals surface area contributed by atoms with Crippen LogP contribution < -0.4 is 5.32 Å². The maximum Gasteiger partial charge on any atom is 0.331 e. The van der Waals surface area contributed by atoms with Crippen LogP contribution in [0.1, 0.15) is 40.0 Å². The molecule has 1 aliphatic rings. The number of halogens is 1. The number of carbonyl (C=O) groups excluding carboxylic acids is 1. The van der Waals surface area contributed by atoms with Crippen LogP contribution in [0.2, 0.25) is 0 Å². The van der Waals surface area contributed by atoms with E-state index < -0.39 is 5.54 Å². The van der Waals surface area contributed by atoms with E-state index in [-0.39, 0.29) is 23.1 Å². The Labute approximate surface area is 125 Å². The topological polar surface area (TPSA) is 38.3 Å². The Kier molecular flexibility index (Phi) is 4.26. The monoisotopic (exact) mass is 293 g/mol. The molecule has 0 bridgehead atoms. The molecule has 2 unspecified atom stereocenters. The van der Waals surface area contributed by atoms with Crippen LogP contribution in [-0.4, -0.2) is 18.6 Å². The summed E-state index contributed by atoms with van der Waals surface area (Å²) in [5.41, 5.74) is 0.233. The van der Waals surface area contributed by atoms with Crippen molar-refractivity contribution >= 4 is 11.7 Å². The fourth-order valence-corrected chi connectivity index (χ4v) is 3.40. The molecule has 1 fully saturated rings. The van der Waals surface area contributed by atoms with Crippen LogP contribution in [0.15, 0.2) is 24.3 Å². The van der Waals surface area contributed by atoms with Gasteiger partial charge in [-0.05, 0) is 54.9 Å². The molecule has 2 atom stereocenters. The largest absolute Gasteiger partial charge is 0.467 e. The summed E-state index contributed by atoms with van der Waals surface area (Å²) >= 11 is 0. The van der Waals surface area contributed by atoms with E-state index in [1.165, 1.54) is 19.2 Å². The van der Waals surface area contributed by atoms with Gasteiger partial charge in [0.1, 0.15) is 11.4 Å². The van der Waals surface area contributed by atoms with Crippen molar-refractivity contribution < 1.29 is 13.9 Å². The zero-order chi connectivity index (χ0) is 15.7. The minimum absolute atomic E-state index is 0.138. The third kappa shape index (κ3) is 3.20. The van der Waals surface area contributed by atoms with Crippen LogP contribution in [-0.2, 0) is 9.53 Å². The van der Waals surface area contributed by atoms with Gasteiger partial charge in [0.25, 0.3) is 0 Å². The smallest absolute Gasteiger partial charge is 0.331 e. The van der Waals surface area contributed by atoms with Gasteiger partial charge in [-0.1, -0.05) is 20.8 Å². The molecule has 4 heteroatoms. The predicted octanol–water partition coefficient (Wildman–Crippen LogP) is 4.00. The van der Waals surface area contributed by atoms with Crippen LogP contribution in [0.3, 0.4) is 0 Å². The van der Waals surface area contributed by atoms with Gasteiger partial charge in [0.2, 0.25) is 0 Å². The van der Waals surface area contributed by atoms with E-state index in [0.29, 0.717) is 6.42 Å². The molecule has 116 valence electrons. The molecule has 1 aliphatic carbocycles. The first-order chi connectivity index (χ1) is 9.79. The lowest BCUT2D eigenvalue weighted by Crippen LogP contribution is -2.56. The van der Waals surface area contributed by atoms with Crippen molar-refractivity contribution in [3.05, 3.63) is 30.1 Å². The Morgan fingerprint density at radius 2 is 1.90 bits per heavy atom. The van der Waals surface area contributed by atoms with Crippen LogP contribution in [0.4, 0.5) is 10.1 Å². The van der Waals surface area contributed by atoms with Crippen molar-refractivity contribution in [2.24, 2.45) is 11.3 Å². The molecule has 1 saturated carbocycles. The lowest BCUT2D eigenvalue weighted by atomic mass is 9.63. The molecular formula is C17H24FNO2. The van der Waals surface area contributed by atoms with Gasteiger partial charge in [0, 0.05) is 5.69 Å². The number of hydrogen-bond donors (Lipinski definition) is 1. The van der Waals surface area contributed by atoms with Crippen molar-refractivity contribution in [2.75, 3.05) is 12.4 Å². The zero-order valence-electron chi connectivity index (χ0n) is 13.2. The maximum atomic E-state index is 13.0. The summed E-state index contributed by atoms with van der Waals surface area (Å²) in [6.45, 7) is 6.53. The normalized spacial score (nSPS) is 28.0. The molecule has 0 aliphatic heterocycles. The molecular weight excluding hydrogens is 269 g/mol. The van der Waals surface area contributed by atoms with Gasteiger partial charge in [0.15, 0.2) is 0 Å². The van der Waals surface area contributed by atoms with Crippen molar-refractivity contribution in [1.29, 1.82) is 0 Å². The van der Waals surface area contributed by atoms with Gasteiger partial charge in [-0.25, -0.2) is 9.18 Å². The molecule has 0 aromatic heterocycles. The van der Waals surface area contributed by atoms with Crippen molar-refractivity contribution in [3.63, 3.8) is 0 Å². The summed E-state index contributed by atoms with van der Waals surface area (Å²) in [6, 6.07) is 6.11. The molecule has 1 aromatic carbocycles. The molecule has 0 amide bonds. The molecule has 2 rings (SSSR count). The summed E-state index contributed by atoms with van der Waals surface area (Å²) < 4.78 is 18.1. The van der Waals surface area contributed by atoms with Crippen LogP contribution in [0.5, 0.6) is 0 Å². The second-order valence-electron chi connectivity index (χ2n) is 6.86. The SMILES string of the molecule is COC(=O)C1(Nc2ccc(F)cc2)CCC(C)(C)CC1C. The fourth-order valence-electron chi connectivity index (χ4n) is 3.40. The third-order valence-electron chi connectivity index (χ3n) is 4.66. The van der Waals surface area contributed by atoms with Crippen LogP contribution in [0.25, 0.3) is 0 Å². The highest BCUT2D eigenvalue weighted by atomic mass is 19.1. The molecule has 1 N–H and O–H groups in total. The number of carbonyl (C=O) groups is 1. The lowest BCUT2D eigenvalue weighted by molar-refractivity contribution is -0.150. The Bertz CT molecular complexity index is 512. The highest BCUT2D eigenvalue weighted by molar-refractivity contribution is 5.85. The molecule has 0 heterocycles. The van der Waals surface area contributed by atoms with Gasteiger partial charge in [0.05, 0.1) is 7.11 Å². The minimum Gasteiger partial charge on any atom is -0.467 e. The molecule has 0 radical (unpaired) electrons. The second-order valence-corrected chi connectivity index (χ2v) is 6.86. The number of esters is 1. The lowest BCUT2D eigenvalue weighted by Gasteiger charge is -2.47. The summed E-state index contributed by atoms with van der Waals surface area (Å²) in [5, 5.41) is 3.32. The van der Waals surface area contributed by atoms with Crippen molar-refractivity contribution in [1.82, 2.24) is 0 Å². The molecule has 0 saturated heterocycles. The van der Waals surface area contributed by atoms with Crippen molar-refractivity contribution in [2.45, 2.75) is 45.6 Å². The number of methoxy groups -OCH3 is 1. The second kappa shape index (κ2) is 5.66. The van der Waals surface area contributed by atoms with Crippen molar-refractivity contribution in [3.8, 4) is 0 Å². The number of hydrogen-bond acceptors (Lipinski definition) is 3. The van der Waals surface area contributed by atoms with E-state index in [9.17, 15) is 9.18 Å². The fraction of sp³-hybridized carbons (Fsp3) is 0.588. The van der Waals surface area contributed by atoms with Gasteiger partial charge in [-0.3, -0.25) is 0 Å². The molecule has 1 aromatic rings. The van der Waals surface area contributed by atoms with Crippen LogP contribution >= 0.6 is 0 Å². The number of benzene rings is 1. The van der Waals surface area contributed by atoms with E-state index in [1.807, 2.05) is 0 Å². The number of nitrogens with one attached hydrogen (secondary N) is 1. The zero-order valence-corrected chi connectivity index (χ0v) is 13.2. The predicted molar refractivity (Wildman–Crippen MR) is 81.6 cm³/mol. The molecule has 3 nitrogen and oxygen atoms in total. The third-order valence-corrected chi connectivity index (χ3v) is 4.66. The summed E-state index contributed by atoms with van der Waals surface area (Å²) in [5.74, 6) is -0.390. The Hall–Kier alpha value is -1.58. The van der Waals surface area contributed by atoms with Gasteiger partial charge in [-0.15, -0.1) is 0 Å².